The minimum absolute atomic E-state index is 0.0190. The minimum Gasteiger partial charge on any atom is -0.408 e. The van der Waals surface area contributed by atoms with Gasteiger partial charge in [0.15, 0.2) is 5.58 Å². The third-order valence-corrected chi connectivity index (χ3v) is 7.93. The highest BCUT2D eigenvalue weighted by Gasteiger charge is 2.28. The van der Waals surface area contributed by atoms with Crippen molar-refractivity contribution in [3.05, 3.63) is 77.3 Å². The summed E-state index contributed by atoms with van der Waals surface area (Å²) in [6, 6.07) is 12.3. The van der Waals surface area contributed by atoms with Gasteiger partial charge >= 0.3 is 5.76 Å². The van der Waals surface area contributed by atoms with Crippen LogP contribution in [0.5, 0.6) is 0 Å². The van der Waals surface area contributed by atoms with Gasteiger partial charge in [0.1, 0.15) is 5.82 Å². The lowest BCUT2D eigenvalue weighted by atomic mass is 10.2. The van der Waals surface area contributed by atoms with Gasteiger partial charge in [0.25, 0.3) is 0 Å². The second-order valence-corrected chi connectivity index (χ2v) is 10.3. The summed E-state index contributed by atoms with van der Waals surface area (Å²) in [6.07, 6.45) is 5.12. The molecular weight excluding hydrogens is 475 g/mol. The number of nitrogens with one attached hydrogen (secondary N) is 1. The Kier molecular flexibility index (Phi) is 6.03. The molecule has 1 amide bonds. The Morgan fingerprint density at radius 3 is 2.54 bits per heavy atom. The highest BCUT2D eigenvalue weighted by molar-refractivity contribution is 7.89. The van der Waals surface area contributed by atoms with Crippen molar-refractivity contribution in [3.8, 4) is 5.69 Å². The first-order chi connectivity index (χ1) is 16.8. The van der Waals surface area contributed by atoms with Crippen LogP contribution in [0.3, 0.4) is 0 Å². The first kappa shape index (κ1) is 23.1. The molecule has 3 heterocycles. The molecule has 0 atom stereocenters. The lowest BCUT2D eigenvalue weighted by molar-refractivity contribution is -0.116. The van der Waals surface area contributed by atoms with Crippen molar-refractivity contribution in [2.45, 2.75) is 30.7 Å². The topological polar surface area (TPSA) is 107 Å². The van der Waals surface area contributed by atoms with Crippen LogP contribution in [0.2, 0.25) is 0 Å². The van der Waals surface area contributed by atoms with E-state index >= 15 is 0 Å². The van der Waals surface area contributed by atoms with E-state index in [1.165, 1.54) is 39.2 Å². The third kappa shape index (κ3) is 4.52. The average Bonchev–Trinajstić information content (AvgIpc) is 3.60. The fourth-order valence-electron chi connectivity index (χ4n) is 4.20. The number of hydrogen-bond donors (Lipinski definition) is 1. The molecule has 0 saturated carbocycles. The van der Waals surface area contributed by atoms with Crippen molar-refractivity contribution >= 4 is 32.7 Å². The fraction of sp³-hybridized carbons (Fsp3) is 0.250. The van der Waals surface area contributed by atoms with Gasteiger partial charge in [-0.2, -0.15) is 4.31 Å². The number of hydrogen-bond acceptors (Lipinski definition) is 5. The minimum atomic E-state index is -3.66. The molecule has 0 bridgehead atoms. The van der Waals surface area contributed by atoms with Crippen LogP contribution in [-0.4, -0.2) is 40.9 Å². The second kappa shape index (κ2) is 9.16. The summed E-state index contributed by atoms with van der Waals surface area (Å²) in [7, 11) is -3.66. The van der Waals surface area contributed by atoms with Crippen LogP contribution < -0.4 is 11.1 Å². The van der Waals surface area contributed by atoms with Crippen LogP contribution in [0.15, 0.2) is 75.0 Å². The van der Waals surface area contributed by atoms with E-state index in [0.717, 1.165) is 12.8 Å². The van der Waals surface area contributed by atoms with Crippen molar-refractivity contribution in [3.63, 3.8) is 0 Å². The number of anilines is 1. The first-order valence-electron chi connectivity index (χ1n) is 11.2. The van der Waals surface area contributed by atoms with Crippen LogP contribution in [0, 0.1) is 5.82 Å². The molecule has 0 unspecified atom stereocenters. The summed E-state index contributed by atoms with van der Waals surface area (Å²) in [5.74, 6) is -1.76. The molecule has 1 fully saturated rings. The Bertz CT molecular complexity index is 1550. The van der Waals surface area contributed by atoms with Crippen LogP contribution in [0.1, 0.15) is 19.3 Å². The maximum absolute atomic E-state index is 14.3. The number of oxazole rings is 1. The number of amides is 1. The molecule has 1 aliphatic rings. The van der Waals surface area contributed by atoms with Crippen molar-refractivity contribution in [1.29, 1.82) is 0 Å². The Morgan fingerprint density at radius 2 is 1.80 bits per heavy atom. The van der Waals surface area contributed by atoms with E-state index in [1.54, 1.807) is 23.0 Å². The smallest absolute Gasteiger partial charge is 0.408 e. The van der Waals surface area contributed by atoms with Gasteiger partial charge in [-0.25, -0.2) is 17.6 Å². The Hall–Kier alpha value is -3.70. The quantitative estimate of drug-likeness (QED) is 0.421. The molecule has 11 heteroatoms. The summed E-state index contributed by atoms with van der Waals surface area (Å²) in [5.41, 5.74) is 1.22. The van der Waals surface area contributed by atoms with Crippen LogP contribution in [0.25, 0.3) is 16.8 Å². The normalized spacial score (nSPS) is 14.5. The average molecular weight is 499 g/mol. The molecule has 0 aliphatic carbocycles. The summed E-state index contributed by atoms with van der Waals surface area (Å²) >= 11 is 0. The molecule has 0 spiro atoms. The molecule has 0 radical (unpaired) electrons. The predicted molar refractivity (Wildman–Crippen MR) is 127 cm³/mol. The zero-order valence-electron chi connectivity index (χ0n) is 18.7. The van der Waals surface area contributed by atoms with E-state index in [-0.39, 0.29) is 29.1 Å². The number of carbonyl (C=O) groups is 1. The number of carbonyl (C=O) groups excluding carboxylic acids is 1. The molecule has 2 aromatic carbocycles. The Balaban J connectivity index is 1.31. The SMILES string of the molecule is O=C(CCn1c(=O)oc2cc(S(=O)(=O)N3CCCC3)ccc21)Nc1cc(-n2cccc2)ccc1F. The van der Waals surface area contributed by atoms with Crippen molar-refractivity contribution in [1.82, 2.24) is 13.4 Å². The summed E-state index contributed by atoms with van der Waals surface area (Å²) < 4.78 is 49.6. The standard InChI is InChI=1S/C24H23FN4O5S/c25-19-7-5-17(27-10-1-2-11-27)15-20(19)26-23(30)9-14-29-21-8-6-18(16-22(21)34-24(29)31)35(32,33)28-12-3-4-13-28/h1-2,5-8,10-11,15-16H,3-4,9,12-14H2,(H,26,30). The largest absolute Gasteiger partial charge is 0.419 e. The molecular formula is C24H23FN4O5S. The molecule has 2 aromatic heterocycles. The van der Waals surface area contributed by atoms with E-state index < -0.39 is 27.5 Å². The van der Waals surface area contributed by atoms with Gasteiger partial charge in [0, 0.05) is 50.2 Å². The number of benzene rings is 2. The highest BCUT2D eigenvalue weighted by atomic mass is 32.2. The molecule has 5 rings (SSSR count). The van der Waals surface area contributed by atoms with Gasteiger partial charge in [-0.1, -0.05) is 0 Å². The zero-order chi connectivity index (χ0) is 24.6. The number of fused-ring (bicyclic) bond motifs is 1. The zero-order valence-corrected chi connectivity index (χ0v) is 19.5. The number of nitrogens with zero attached hydrogens (tertiary/aromatic N) is 3. The van der Waals surface area contributed by atoms with Gasteiger partial charge in [-0.3, -0.25) is 9.36 Å². The Labute approximate surface area is 200 Å². The second-order valence-electron chi connectivity index (χ2n) is 8.31. The van der Waals surface area contributed by atoms with Gasteiger partial charge in [0.2, 0.25) is 15.9 Å². The monoisotopic (exact) mass is 498 g/mol. The molecule has 1 aliphatic heterocycles. The van der Waals surface area contributed by atoms with Gasteiger partial charge in [-0.05, 0) is 55.3 Å². The first-order valence-corrected chi connectivity index (χ1v) is 12.6. The molecule has 4 aromatic rings. The van der Waals surface area contributed by atoms with Crippen LogP contribution >= 0.6 is 0 Å². The third-order valence-electron chi connectivity index (χ3n) is 6.03. The number of halogens is 1. The van der Waals surface area contributed by atoms with Crippen LogP contribution in [-0.2, 0) is 21.4 Å². The molecule has 35 heavy (non-hydrogen) atoms. The Morgan fingerprint density at radius 1 is 1.06 bits per heavy atom. The van der Waals surface area contributed by atoms with Crippen molar-refractivity contribution in [2.24, 2.45) is 0 Å². The summed E-state index contributed by atoms with van der Waals surface area (Å²) in [5, 5.41) is 2.54. The number of aryl methyl sites for hydroxylation is 1. The predicted octanol–water partition coefficient (Wildman–Crippen LogP) is 3.34. The number of aromatic nitrogens is 2. The maximum Gasteiger partial charge on any atom is 0.419 e. The number of rotatable bonds is 7. The van der Waals surface area contributed by atoms with Gasteiger partial charge in [-0.15, -0.1) is 0 Å². The van der Waals surface area contributed by atoms with Crippen molar-refractivity contribution < 1.29 is 22.0 Å². The van der Waals surface area contributed by atoms with E-state index in [9.17, 15) is 22.4 Å². The summed E-state index contributed by atoms with van der Waals surface area (Å²) in [4.78, 5) is 25.0. The highest BCUT2D eigenvalue weighted by Crippen LogP contribution is 2.25. The van der Waals surface area contributed by atoms with Gasteiger partial charge < -0.3 is 14.3 Å². The van der Waals surface area contributed by atoms with Crippen molar-refractivity contribution in [2.75, 3.05) is 18.4 Å². The van der Waals surface area contributed by atoms with E-state index in [1.807, 2.05) is 12.1 Å². The van der Waals surface area contributed by atoms with Gasteiger partial charge in [0.05, 0.1) is 16.1 Å². The number of sulfonamides is 1. The van der Waals surface area contributed by atoms with Crippen LogP contribution in [0.4, 0.5) is 10.1 Å². The molecule has 1 N–H and O–H groups in total. The van der Waals surface area contributed by atoms with E-state index in [2.05, 4.69) is 5.32 Å². The molecule has 9 nitrogen and oxygen atoms in total. The maximum atomic E-state index is 14.3. The lowest BCUT2D eigenvalue weighted by Crippen LogP contribution is -2.27. The lowest BCUT2D eigenvalue weighted by Gasteiger charge is -2.15. The van der Waals surface area contributed by atoms with E-state index in [0.29, 0.717) is 24.3 Å². The summed E-state index contributed by atoms with van der Waals surface area (Å²) in [6.45, 7) is 0.916. The molecule has 1 saturated heterocycles. The molecule has 182 valence electrons. The van der Waals surface area contributed by atoms with E-state index in [4.69, 9.17) is 4.42 Å². The fourth-order valence-corrected chi connectivity index (χ4v) is 5.73.